The van der Waals surface area contributed by atoms with E-state index in [1.807, 2.05) is 6.92 Å². The molecule has 0 spiro atoms. The van der Waals surface area contributed by atoms with Gasteiger partial charge >= 0.3 is 5.97 Å². The van der Waals surface area contributed by atoms with E-state index in [0.29, 0.717) is 0 Å². The van der Waals surface area contributed by atoms with Gasteiger partial charge in [0.25, 0.3) is 0 Å². The SMILES string of the molecule is C=C/C=C(\C=C)COC(=O)C(CC)CCC. The van der Waals surface area contributed by atoms with E-state index in [1.54, 1.807) is 18.2 Å². The van der Waals surface area contributed by atoms with Gasteiger partial charge in [0.1, 0.15) is 6.61 Å². The van der Waals surface area contributed by atoms with E-state index in [9.17, 15) is 4.79 Å². The summed E-state index contributed by atoms with van der Waals surface area (Å²) < 4.78 is 5.23. The number of carbonyl (C=O) groups is 1. The van der Waals surface area contributed by atoms with Crippen LogP contribution in [-0.4, -0.2) is 12.6 Å². The van der Waals surface area contributed by atoms with E-state index in [-0.39, 0.29) is 18.5 Å². The summed E-state index contributed by atoms with van der Waals surface area (Å²) in [4.78, 5) is 11.7. The summed E-state index contributed by atoms with van der Waals surface area (Å²) in [6, 6.07) is 0. The molecule has 0 aromatic heterocycles. The maximum absolute atomic E-state index is 11.7. The molecule has 2 heteroatoms. The number of carbonyl (C=O) groups excluding carboxylic acids is 1. The second kappa shape index (κ2) is 8.96. The predicted octanol–water partition coefficient (Wildman–Crippen LogP) is 3.65. The summed E-state index contributed by atoms with van der Waals surface area (Å²) in [5.74, 6) is -0.0824. The molecule has 0 N–H and O–H groups in total. The van der Waals surface area contributed by atoms with Crippen molar-refractivity contribution in [3.05, 3.63) is 37.0 Å². The molecular formula is C14H22O2. The highest BCUT2D eigenvalue weighted by atomic mass is 16.5. The molecule has 0 bridgehead atoms. The molecule has 0 radical (unpaired) electrons. The maximum atomic E-state index is 11.7. The Bertz CT molecular complexity index is 264. The first kappa shape index (κ1) is 14.7. The predicted molar refractivity (Wildman–Crippen MR) is 68.1 cm³/mol. The summed E-state index contributed by atoms with van der Waals surface area (Å²) in [5.41, 5.74) is 0.870. The van der Waals surface area contributed by atoms with Crippen molar-refractivity contribution in [1.29, 1.82) is 0 Å². The monoisotopic (exact) mass is 222 g/mol. The lowest BCUT2D eigenvalue weighted by Crippen LogP contribution is -2.18. The molecule has 0 saturated carbocycles. The quantitative estimate of drug-likeness (QED) is 0.463. The van der Waals surface area contributed by atoms with Crippen molar-refractivity contribution < 1.29 is 9.53 Å². The van der Waals surface area contributed by atoms with Crippen molar-refractivity contribution >= 4 is 5.97 Å². The van der Waals surface area contributed by atoms with Crippen molar-refractivity contribution in [1.82, 2.24) is 0 Å². The minimum atomic E-state index is -0.110. The average Bonchev–Trinajstić information content (AvgIpc) is 2.30. The van der Waals surface area contributed by atoms with Crippen LogP contribution in [0.15, 0.2) is 37.0 Å². The third-order valence-corrected chi connectivity index (χ3v) is 2.44. The third-order valence-electron chi connectivity index (χ3n) is 2.44. The Balaban J connectivity index is 4.17. The first-order chi connectivity index (χ1) is 7.69. The summed E-state index contributed by atoms with van der Waals surface area (Å²) in [5, 5.41) is 0. The molecule has 90 valence electrons. The van der Waals surface area contributed by atoms with E-state index in [1.165, 1.54) is 0 Å². The minimum absolute atomic E-state index is 0.0276. The van der Waals surface area contributed by atoms with E-state index < -0.39 is 0 Å². The van der Waals surface area contributed by atoms with E-state index >= 15 is 0 Å². The highest BCUT2D eigenvalue weighted by Crippen LogP contribution is 2.13. The molecule has 0 aliphatic carbocycles. The van der Waals surface area contributed by atoms with E-state index in [0.717, 1.165) is 24.8 Å². The van der Waals surface area contributed by atoms with Crippen molar-refractivity contribution in [2.45, 2.75) is 33.1 Å². The molecule has 0 rings (SSSR count). The van der Waals surface area contributed by atoms with Crippen molar-refractivity contribution in [3.8, 4) is 0 Å². The fourth-order valence-electron chi connectivity index (χ4n) is 1.44. The van der Waals surface area contributed by atoms with Crippen molar-refractivity contribution in [2.75, 3.05) is 6.61 Å². The molecule has 0 aromatic rings. The van der Waals surface area contributed by atoms with Crippen LogP contribution < -0.4 is 0 Å². The van der Waals surface area contributed by atoms with E-state index in [4.69, 9.17) is 4.74 Å². The second-order valence-electron chi connectivity index (χ2n) is 3.68. The highest BCUT2D eigenvalue weighted by molar-refractivity contribution is 5.72. The van der Waals surface area contributed by atoms with Crippen LogP contribution in [0.4, 0.5) is 0 Å². The molecule has 0 heterocycles. The zero-order valence-electron chi connectivity index (χ0n) is 10.4. The summed E-state index contributed by atoms with van der Waals surface area (Å²) in [6.45, 7) is 11.6. The van der Waals surface area contributed by atoms with Gasteiger partial charge < -0.3 is 4.74 Å². The molecule has 1 unspecified atom stereocenters. The highest BCUT2D eigenvalue weighted by Gasteiger charge is 2.16. The minimum Gasteiger partial charge on any atom is -0.461 e. The summed E-state index contributed by atoms with van der Waals surface area (Å²) >= 11 is 0. The van der Waals surface area contributed by atoms with Crippen molar-refractivity contribution in [3.63, 3.8) is 0 Å². The van der Waals surface area contributed by atoms with Gasteiger partial charge in [-0.2, -0.15) is 0 Å². The molecule has 1 atom stereocenters. The van der Waals surface area contributed by atoms with Gasteiger partial charge in [-0.3, -0.25) is 4.79 Å². The molecule has 0 aliphatic heterocycles. The Labute approximate surface area is 98.7 Å². The van der Waals surface area contributed by atoms with Gasteiger partial charge in [0, 0.05) is 0 Å². The normalized spacial score (nSPS) is 13.0. The average molecular weight is 222 g/mol. The van der Waals surface area contributed by atoms with Crippen LogP contribution in [0.1, 0.15) is 33.1 Å². The van der Waals surface area contributed by atoms with Gasteiger partial charge in [-0.1, -0.05) is 51.7 Å². The lowest BCUT2D eigenvalue weighted by molar-refractivity contribution is -0.147. The molecule has 16 heavy (non-hydrogen) atoms. The summed E-state index contributed by atoms with van der Waals surface area (Å²) in [6.07, 6.45) is 7.86. The van der Waals surface area contributed by atoms with Crippen LogP contribution in [0.2, 0.25) is 0 Å². The first-order valence-corrected chi connectivity index (χ1v) is 5.80. The van der Waals surface area contributed by atoms with Gasteiger partial charge in [-0.05, 0) is 18.4 Å². The Kier molecular flexibility index (Phi) is 8.22. The van der Waals surface area contributed by atoms with Gasteiger partial charge in [0.05, 0.1) is 5.92 Å². The molecule has 0 aromatic carbocycles. The number of hydrogen-bond acceptors (Lipinski definition) is 2. The Morgan fingerprint density at radius 1 is 1.38 bits per heavy atom. The number of hydrogen-bond donors (Lipinski definition) is 0. The maximum Gasteiger partial charge on any atom is 0.309 e. The zero-order chi connectivity index (χ0) is 12.4. The van der Waals surface area contributed by atoms with Crippen LogP contribution >= 0.6 is 0 Å². The van der Waals surface area contributed by atoms with Gasteiger partial charge in [-0.25, -0.2) is 0 Å². The number of allylic oxidation sites excluding steroid dienone is 2. The van der Waals surface area contributed by atoms with Gasteiger partial charge in [0.15, 0.2) is 0 Å². The van der Waals surface area contributed by atoms with Gasteiger partial charge in [0.2, 0.25) is 0 Å². The van der Waals surface area contributed by atoms with Crippen LogP contribution in [0.3, 0.4) is 0 Å². The smallest absolute Gasteiger partial charge is 0.309 e. The Hall–Kier alpha value is -1.31. The Morgan fingerprint density at radius 3 is 2.50 bits per heavy atom. The second-order valence-corrected chi connectivity index (χ2v) is 3.68. The van der Waals surface area contributed by atoms with Crippen LogP contribution in [0.25, 0.3) is 0 Å². The number of ether oxygens (including phenoxy) is 1. The van der Waals surface area contributed by atoms with Crippen molar-refractivity contribution in [2.24, 2.45) is 5.92 Å². The van der Waals surface area contributed by atoms with Crippen LogP contribution in [-0.2, 0) is 9.53 Å². The molecule has 0 fully saturated rings. The molecule has 0 aliphatic rings. The topological polar surface area (TPSA) is 26.3 Å². The third kappa shape index (κ3) is 5.54. The molecule has 0 amide bonds. The van der Waals surface area contributed by atoms with Gasteiger partial charge in [-0.15, -0.1) is 0 Å². The van der Waals surface area contributed by atoms with Crippen LogP contribution in [0, 0.1) is 5.92 Å². The zero-order valence-corrected chi connectivity index (χ0v) is 10.4. The van der Waals surface area contributed by atoms with Crippen LogP contribution in [0.5, 0.6) is 0 Å². The Morgan fingerprint density at radius 2 is 2.06 bits per heavy atom. The lowest BCUT2D eigenvalue weighted by atomic mass is 10.0. The lowest BCUT2D eigenvalue weighted by Gasteiger charge is -2.13. The fraction of sp³-hybridized carbons (Fsp3) is 0.500. The molecule has 0 saturated heterocycles. The largest absolute Gasteiger partial charge is 0.461 e. The molecular weight excluding hydrogens is 200 g/mol. The number of rotatable bonds is 8. The number of esters is 1. The fourth-order valence-corrected chi connectivity index (χ4v) is 1.44. The van der Waals surface area contributed by atoms with E-state index in [2.05, 4.69) is 20.1 Å². The molecule has 2 nitrogen and oxygen atoms in total. The standard InChI is InChI=1S/C14H22O2/c1-5-9-12(7-3)11-16-14(15)13(8-4)10-6-2/h5,7,9,13H,1,3,6,8,10-11H2,2,4H3/b12-9+. The first-order valence-electron chi connectivity index (χ1n) is 5.80. The summed E-state index contributed by atoms with van der Waals surface area (Å²) in [7, 11) is 0.